The normalized spacial score (nSPS) is 11.3. The number of amides is 1. The second-order valence-electron chi connectivity index (χ2n) is 8.31. The maximum absolute atomic E-state index is 13.7. The number of carbonyl (C=O) groups excluding carboxylic acids is 1. The van der Waals surface area contributed by atoms with Gasteiger partial charge in [0.1, 0.15) is 12.3 Å². The number of sulfonamides is 1. The van der Waals surface area contributed by atoms with E-state index in [1.807, 2.05) is 43.3 Å². The van der Waals surface area contributed by atoms with E-state index in [-0.39, 0.29) is 32.6 Å². The highest BCUT2D eigenvalue weighted by molar-refractivity contribution is 7.92. The Morgan fingerprint density at radius 2 is 1.82 bits per heavy atom. The maximum atomic E-state index is 13.7. The zero-order chi connectivity index (χ0) is 28.0. The van der Waals surface area contributed by atoms with Gasteiger partial charge in [-0.25, -0.2) is 13.8 Å². The van der Waals surface area contributed by atoms with Crippen molar-refractivity contribution >= 4 is 50.8 Å². The first-order valence-electron chi connectivity index (χ1n) is 11.1. The van der Waals surface area contributed by atoms with Gasteiger partial charge < -0.3 is 9.64 Å². The molecule has 1 N–H and O–H groups in total. The van der Waals surface area contributed by atoms with Gasteiger partial charge in [-0.15, -0.1) is 0 Å². The van der Waals surface area contributed by atoms with E-state index in [9.17, 15) is 23.3 Å². The molecule has 0 radical (unpaired) electrons. The summed E-state index contributed by atoms with van der Waals surface area (Å²) in [6, 6.07) is 15.1. The smallest absolute Gasteiger partial charge is 0.273 e. The van der Waals surface area contributed by atoms with Gasteiger partial charge in [-0.1, -0.05) is 29.8 Å². The van der Waals surface area contributed by atoms with Crippen LogP contribution in [0.5, 0.6) is 5.75 Å². The molecule has 0 aromatic heterocycles. The molecule has 0 aliphatic rings. The fraction of sp³-hybridized carbons (Fsp3) is 0.200. The number of nitrogens with one attached hydrogen (secondary N) is 1. The van der Waals surface area contributed by atoms with Crippen LogP contribution in [0.4, 0.5) is 17.1 Å². The van der Waals surface area contributed by atoms with Crippen LogP contribution >= 0.6 is 11.6 Å². The number of rotatable bonds is 10. The molecule has 0 bridgehead atoms. The molecule has 0 unspecified atom stereocenters. The van der Waals surface area contributed by atoms with Crippen LogP contribution < -0.4 is 19.4 Å². The van der Waals surface area contributed by atoms with Crippen molar-refractivity contribution in [3.63, 3.8) is 0 Å². The topological polar surface area (TPSA) is 134 Å². The Labute approximate surface area is 225 Å². The molecule has 0 saturated carbocycles. The first kappa shape index (κ1) is 28.4. The third kappa shape index (κ3) is 6.58. The van der Waals surface area contributed by atoms with E-state index >= 15 is 0 Å². The molecule has 0 atom stereocenters. The van der Waals surface area contributed by atoms with Crippen LogP contribution in [0.2, 0.25) is 5.02 Å². The summed E-state index contributed by atoms with van der Waals surface area (Å²) in [4.78, 5) is 25.1. The van der Waals surface area contributed by atoms with Crippen LogP contribution in [0, 0.1) is 17.0 Å². The molecule has 0 aliphatic heterocycles. The van der Waals surface area contributed by atoms with Crippen molar-refractivity contribution in [2.45, 2.75) is 11.8 Å². The molecule has 13 heteroatoms. The molecular formula is C25H26ClN5O6S. The van der Waals surface area contributed by atoms with E-state index in [4.69, 9.17) is 16.3 Å². The summed E-state index contributed by atoms with van der Waals surface area (Å²) in [7, 11) is 0.664. The summed E-state index contributed by atoms with van der Waals surface area (Å²) < 4.78 is 33.5. The second kappa shape index (κ2) is 11.9. The average molecular weight is 560 g/mol. The molecule has 0 saturated heterocycles. The lowest BCUT2D eigenvalue weighted by Gasteiger charge is -2.25. The lowest BCUT2D eigenvalue weighted by atomic mass is 10.2. The number of hydrogen-bond acceptors (Lipinski definition) is 8. The number of halogens is 1. The molecule has 3 aromatic carbocycles. The number of hydrazone groups is 1. The minimum absolute atomic E-state index is 0.0263. The number of carbonyl (C=O) groups is 1. The van der Waals surface area contributed by atoms with E-state index in [0.717, 1.165) is 16.1 Å². The Hall–Kier alpha value is -4.16. The van der Waals surface area contributed by atoms with E-state index in [2.05, 4.69) is 10.5 Å². The SMILES string of the molecule is COc1ccc(Cl)cc1N(CC(=O)N/N=C\c1ccc(N(C)C)cc1)S(=O)(=O)c1ccc(C)c([N+](=O)[O-])c1. The third-order valence-electron chi connectivity index (χ3n) is 5.47. The minimum Gasteiger partial charge on any atom is -0.495 e. The fourth-order valence-corrected chi connectivity index (χ4v) is 5.04. The molecule has 200 valence electrons. The number of benzene rings is 3. The number of nitrogens with zero attached hydrogens (tertiary/aromatic N) is 4. The highest BCUT2D eigenvalue weighted by atomic mass is 35.5. The summed E-state index contributed by atoms with van der Waals surface area (Å²) in [5.41, 5.74) is 3.89. The van der Waals surface area contributed by atoms with Crippen LogP contribution in [0.15, 0.2) is 70.7 Å². The van der Waals surface area contributed by atoms with Gasteiger partial charge in [-0.2, -0.15) is 5.10 Å². The van der Waals surface area contributed by atoms with Crippen molar-refractivity contribution in [1.82, 2.24) is 5.43 Å². The predicted molar refractivity (Wildman–Crippen MR) is 147 cm³/mol. The third-order valence-corrected chi connectivity index (χ3v) is 7.47. The first-order chi connectivity index (χ1) is 17.9. The van der Waals surface area contributed by atoms with Crippen LogP contribution in [-0.2, 0) is 14.8 Å². The zero-order valence-electron chi connectivity index (χ0n) is 21.1. The van der Waals surface area contributed by atoms with Crippen molar-refractivity contribution in [2.24, 2.45) is 5.10 Å². The van der Waals surface area contributed by atoms with Crippen molar-refractivity contribution in [2.75, 3.05) is 37.0 Å². The van der Waals surface area contributed by atoms with Crippen molar-refractivity contribution in [3.05, 3.63) is 86.9 Å². The lowest BCUT2D eigenvalue weighted by Crippen LogP contribution is -2.39. The number of ether oxygens (including phenoxy) is 1. The van der Waals surface area contributed by atoms with Gasteiger partial charge in [0.15, 0.2) is 0 Å². The largest absolute Gasteiger partial charge is 0.495 e. The van der Waals surface area contributed by atoms with Crippen molar-refractivity contribution in [1.29, 1.82) is 0 Å². The average Bonchev–Trinajstić information content (AvgIpc) is 2.87. The molecule has 11 nitrogen and oxygen atoms in total. The highest BCUT2D eigenvalue weighted by Crippen LogP contribution is 2.35. The highest BCUT2D eigenvalue weighted by Gasteiger charge is 2.31. The Kier molecular flexibility index (Phi) is 8.92. The summed E-state index contributed by atoms with van der Waals surface area (Å²) in [5.74, 6) is -0.643. The lowest BCUT2D eigenvalue weighted by molar-refractivity contribution is -0.385. The van der Waals surface area contributed by atoms with E-state index in [1.54, 1.807) is 0 Å². The quantitative estimate of drug-likeness (QED) is 0.225. The maximum Gasteiger partial charge on any atom is 0.273 e. The first-order valence-corrected chi connectivity index (χ1v) is 13.0. The van der Waals surface area contributed by atoms with Gasteiger partial charge >= 0.3 is 0 Å². The molecule has 1 amide bonds. The molecule has 0 heterocycles. The molecule has 0 aliphatic carbocycles. The van der Waals surface area contributed by atoms with Crippen LogP contribution in [0.25, 0.3) is 0 Å². The number of nitro groups is 1. The van der Waals surface area contributed by atoms with E-state index in [1.165, 1.54) is 50.6 Å². The Morgan fingerprint density at radius 1 is 1.13 bits per heavy atom. The molecular weight excluding hydrogens is 534 g/mol. The van der Waals surface area contributed by atoms with Crippen molar-refractivity contribution < 1.29 is 22.9 Å². The number of nitro benzene ring substituents is 1. The molecule has 38 heavy (non-hydrogen) atoms. The monoisotopic (exact) mass is 559 g/mol. The summed E-state index contributed by atoms with van der Waals surface area (Å²) >= 11 is 6.13. The molecule has 0 spiro atoms. The van der Waals surface area contributed by atoms with Gasteiger partial charge in [0.25, 0.3) is 21.6 Å². The molecule has 3 aromatic rings. The van der Waals surface area contributed by atoms with Crippen LogP contribution in [-0.4, -0.2) is 53.2 Å². The number of anilines is 2. The molecule has 0 fully saturated rings. The Morgan fingerprint density at radius 3 is 2.42 bits per heavy atom. The number of aryl methyl sites for hydroxylation is 1. The van der Waals surface area contributed by atoms with Gasteiger partial charge in [0, 0.05) is 36.4 Å². The van der Waals surface area contributed by atoms with Crippen LogP contribution in [0.3, 0.4) is 0 Å². The summed E-state index contributed by atoms with van der Waals surface area (Å²) in [6.07, 6.45) is 1.42. The number of methoxy groups -OCH3 is 1. The summed E-state index contributed by atoms with van der Waals surface area (Å²) in [5, 5.41) is 15.5. The van der Waals surface area contributed by atoms with Gasteiger partial charge in [0.2, 0.25) is 0 Å². The second-order valence-corrected chi connectivity index (χ2v) is 10.6. The number of hydrogen-bond donors (Lipinski definition) is 1. The zero-order valence-corrected chi connectivity index (χ0v) is 22.7. The Bertz CT molecular complexity index is 1480. The van der Waals surface area contributed by atoms with Gasteiger partial charge in [0.05, 0.1) is 28.8 Å². The molecule has 3 rings (SSSR count). The van der Waals surface area contributed by atoms with Gasteiger partial charge in [-0.3, -0.25) is 19.2 Å². The van der Waals surface area contributed by atoms with Crippen LogP contribution in [0.1, 0.15) is 11.1 Å². The predicted octanol–water partition coefficient (Wildman–Crippen LogP) is 3.98. The van der Waals surface area contributed by atoms with Crippen molar-refractivity contribution in [3.8, 4) is 5.75 Å². The van der Waals surface area contributed by atoms with E-state index < -0.39 is 27.4 Å². The summed E-state index contributed by atoms with van der Waals surface area (Å²) in [6.45, 7) is 0.781. The fourth-order valence-electron chi connectivity index (χ4n) is 3.43. The minimum atomic E-state index is -4.49. The van der Waals surface area contributed by atoms with Gasteiger partial charge in [-0.05, 0) is 48.9 Å². The standard InChI is InChI=1S/C25H26ClN5O6S/c1-17-5-11-21(14-22(17)31(33)34)38(35,36)30(23-13-19(26)8-12-24(23)37-4)16-25(32)28-27-15-18-6-9-20(10-7-18)29(2)3/h5-15H,16H2,1-4H3,(H,28,32)/b27-15-. The Balaban J connectivity index is 1.95. The van der Waals surface area contributed by atoms with E-state index in [0.29, 0.717) is 5.56 Å².